The average Bonchev–Trinajstić information content (AvgIpc) is 2.83. The van der Waals surface area contributed by atoms with E-state index in [9.17, 15) is 5.11 Å². The fraction of sp³-hybridized carbons (Fsp3) is 0.133. The number of aliphatic hydroxyl groups is 1. The Balaban J connectivity index is 1.90. The van der Waals surface area contributed by atoms with E-state index >= 15 is 0 Å². The second-order valence-electron chi connectivity index (χ2n) is 4.42. The molecule has 0 fully saturated rings. The van der Waals surface area contributed by atoms with Gasteiger partial charge in [0.15, 0.2) is 4.34 Å². The van der Waals surface area contributed by atoms with Gasteiger partial charge in [0.25, 0.3) is 0 Å². The summed E-state index contributed by atoms with van der Waals surface area (Å²) in [6.07, 6.45) is -0.451. The van der Waals surface area contributed by atoms with Crippen LogP contribution in [0.2, 0.25) is 0 Å². The third-order valence-corrected chi connectivity index (χ3v) is 6.00. The molecular formula is C15H12BrNOS2. The molecule has 0 saturated carbocycles. The number of rotatable bonds is 3. The zero-order valence-electron chi connectivity index (χ0n) is 10.7. The van der Waals surface area contributed by atoms with E-state index in [4.69, 9.17) is 0 Å². The van der Waals surface area contributed by atoms with Crippen molar-refractivity contribution >= 4 is 49.2 Å². The molecule has 1 heterocycles. The normalized spacial score (nSPS) is 12.8. The first-order chi connectivity index (χ1) is 9.63. The molecule has 3 aromatic rings. The molecule has 0 bridgehead atoms. The number of hydrogen-bond donors (Lipinski definition) is 1. The van der Waals surface area contributed by atoms with E-state index in [1.165, 1.54) is 4.70 Å². The predicted molar refractivity (Wildman–Crippen MR) is 88.5 cm³/mol. The largest absolute Gasteiger partial charge is 0.389 e. The standard InChI is InChI=1S/C15H12BrNOS2/c1-9(18)10-6-7-13(11(16)8-10)19-15-17-12-4-2-3-5-14(12)20-15/h2-9,18H,1H3/t9-/m1/s1. The molecule has 1 atom stereocenters. The first-order valence-electron chi connectivity index (χ1n) is 6.14. The van der Waals surface area contributed by atoms with Crippen LogP contribution >= 0.6 is 39.0 Å². The van der Waals surface area contributed by atoms with Gasteiger partial charge in [-0.15, -0.1) is 11.3 Å². The minimum absolute atomic E-state index is 0.451. The van der Waals surface area contributed by atoms with Crippen molar-refractivity contribution in [2.45, 2.75) is 22.3 Å². The van der Waals surface area contributed by atoms with Crippen LogP contribution in [0.25, 0.3) is 10.2 Å². The lowest BCUT2D eigenvalue weighted by Gasteiger charge is -2.07. The van der Waals surface area contributed by atoms with Gasteiger partial charge in [-0.05, 0) is 52.7 Å². The molecule has 0 unspecified atom stereocenters. The average molecular weight is 366 g/mol. The SMILES string of the molecule is C[C@@H](O)c1ccc(Sc2nc3ccccc3s2)c(Br)c1. The number of halogens is 1. The molecule has 5 heteroatoms. The van der Waals surface area contributed by atoms with Crippen LogP contribution in [-0.2, 0) is 0 Å². The number of benzene rings is 2. The van der Waals surface area contributed by atoms with Crippen molar-refractivity contribution in [1.29, 1.82) is 0 Å². The summed E-state index contributed by atoms with van der Waals surface area (Å²) in [5.41, 5.74) is 1.95. The van der Waals surface area contributed by atoms with Gasteiger partial charge in [-0.1, -0.05) is 30.0 Å². The minimum Gasteiger partial charge on any atom is -0.389 e. The Morgan fingerprint density at radius 3 is 2.75 bits per heavy atom. The van der Waals surface area contributed by atoms with Crippen LogP contribution in [0.15, 0.2) is 56.2 Å². The van der Waals surface area contributed by atoms with E-state index in [1.54, 1.807) is 30.0 Å². The second-order valence-corrected chi connectivity index (χ2v) is 7.59. The summed E-state index contributed by atoms with van der Waals surface area (Å²) in [5.74, 6) is 0. The van der Waals surface area contributed by atoms with Crippen LogP contribution in [0.4, 0.5) is 0 Å². The number of para-hydroxylation sites is 1. The maximum atomic E-state index is 9.59. The van der Waals surface area contributed by atoms with Crippen molar-refractivity contribution in [3.8, 4) is 0 Å². The van der Waals surface area contributed by atoms with Gasteiger partial charge in [-0.25, -0.2) is 4.98 Å². The summed E-state index contributed by atoms with van der Waals surface area (Å²) in [4.78, 5) is 5.72. The molecule has 102 valence electrons. The van der Waals surface area contributed by atoms with E-state index in [1.807, 2.05) is 36.4 Å². The molecule has 0 radical (unpaired) electrons. The maximum Gasteiger partial charge on any atom is 0.155 e. The highest BCUT2D eigenvalue weighted by molar-refractivity contribution is 9.10. The van der Waals surface area contributed by atoms with Gasteiger partial charge < -0.3 is 5.11 Å². The highest BCUT2D eigenvalue weighted by Gasteiger charge is 2.09. The Morgan fingerprint density at radius 1 is 1.25 bits per heavy atom. The third kappa shape index (κ3) is 2.91. The lowest BCUT2D eigenvalue weighted by Crippen LogP contribution is -1.90. The van der Waals surface area contributed by atoms with Crippen LogP contribution in [0.5, 0.6) is 0 Å². The zero-order valence-corrected chi connectivity index (χ0v) is 13.9. The fourth-order valence-corrected chi connectivity index (χ4v) is 4.51. The number of fused-ring (bicyclic) bond motifs is 1. The molecule has 3 rings (SSSR count). The van der Waals surface area contributed by atoms with Crippen LogP contribution < -0.4 is 0 Å². The van der Waals surface area contributed by atoms with Crippen LogP contribution in [-0.4, -0.2) is 10.1 Å². The monoisotopic (exact) mass is 365 g/mol. The summed E-state index contributed by atoms with van der Waals surface area (Å²) in [6.45, 7) is 1.77. The Bertz CT molecular complexity index is 721. The summed E-state index contributed by atoms with van der Waals surface area (Å²) in [6, 6.07) is 14.1. The van der Waals surface area contributed by atoms with Crippen LogP contribution in [0, 0.1) is 0 Å². The fourth-order valence-electron chi connectivity index (χ4n) is 1.85. The predicted octanol–water partition coefficient (Wildman–Crippen LogP) is 5.26. The van der Waals surface area contributed by atoms with Gasteiger partial charge in [-0.3, -0.25) is 0 Å². The molecule has 2 aromatic carbocycles. The number of hydrogen-bond acceptors (Lipinski definition) is 4. The molecule has 0 saturated heterocycles. The van der Waals surface area contributed by atoms with Gasteiger partial charge in [0.1, 0.15) is 0 Å². The Labute approximate surface area is 134 Å². The Kier molecular flexibility index (Phi) is 4.12. The molecule has 0 aliphatic carbocycles. The van der Waals surface area contributed by atoms with Crippen molar-refractivity contribution in [1.82, 2.24) is 4.98 Å². The molecule has 20 heavy (non-hydrogen) atoms. The minimum atomic E-state index is -0.451. The van der Waals surface area contributed by atoms with E-state index in [2.05, 4.69) is 27.0 Å². The smallest absolute Gasteiger partial charge is 0.155 e. The zero-order chi connectivity index (χ0) is 14.1. The number of nitrogens with zero attached hydrogens (tertiary/aromatic N) is 1. The highest BCUT2D eigenvalue weighted by atomic mass is 79.9. The Morgan fingerprint density at radius 2 is 2.05 bits per heavy atom. The van der Waals surface area contributed by atoms with Gasteiger partial charge >= 0.3 is 0 Å². The molecule has 0 amide bonds. The van der Waals surface area contributed by atoms with Crippen molar-refractivity contribution in [2.24, 2.45) is 0 Å². The first kappa shape index (κ1) is 14.1. The molecular weight excluding hydrogens is 354 g/mol. The molecule has 1 aromatic heterocycles. The number of aliphatic hydroxyl groups excluding tert-OH is 1. The highest BCUT2D eigenvalue weighted by Crippen LogP contribution is 2.38. The summed E-state index contributed by atoms with van der Waals surface area (Å²) < 4.78 is 3.21. The van der Waals surface area contributed by atoms with Crippen LogP contribution in [0.1, 0.15) is 18.6 Å². The number of aromatic nitrogens is 1. The van der Waals surface area contributed by atoms with Gasteiger partial charge in [0.05, 0.1) is 16.3 Å². The van der Waals surface area contributed by atoms with Gasteiger partial charge in [0, 0.05) is 9.37 Å². The Hall–Kier alpha value is -0.880. The van der Waals surface area contributed by atoms with Gasteiger partial charge in [0.2, 0.25) is 0 Å². The molecule has 2 nitrogen and oxygen atoms in total. The van der Waals surface area contributed by atoms with Crippen molar-refractivity contribution in [3.63, 3.8) is 0 Å². The second kappa shape index (κ2) is 5.85. The summed E-state index contributed by atoms with van der Waals surface area (Å²) >= 11 is 6.89. The van der Waals surface area contributed by atoms with Crippen molar-refractivity contribution < 1.29 is 5.11 Å². The maximum absolute atomic E-state index is 9.59. The van der Waals surface area contributed by atoms with Gasteiger partial charge in [-0.2, -0.15) is 0 Å². The molecule has 1 N–H and O–H groups in total. The lowest BCUT2D eigenvalue weighted by molar-refractivity contribution is 0.199. The number of thiazole rings is 1. The summed E-state index contributed by atoms with van der Waals surface area (Å²) in [7, 11) is 0. The van der Waals surface area contributed by atoms with Crippen molar-refractivity contribution in [3.05, 3.63) is 52.5 Å². The summed E-state index contributed by atoms with van der Waals surface area (Å²) in [5, 5.41) is 9.59. The quantitative estimate of drug-likeness (QED) is 0.686. The topological polar surface area (TPSA) is 33.1 Å². The van der Waals surface area contributed by atoms with E-state index in [0.29, 0.717) is 0 Å². The molecule has 0 spiro atoms. The molecule has 0 aliphatic rings. The van der Waals surface area contributed by atoms with E-state index < -0.39 is 6.10 Å². The van der Waals surface area contributed by atoms with Crippen LogP contribution in [0.3, 0.4) is 0 Å². The van der Waals surface area contributed by atoms with E-state index in [0.717, 1.165) is 24.8 Å². The van der Waals surface area contributed by atoms with Crippen molar-refractivity contribution in [2.75, 3.05) is 0 Å². The first-order valence-corrected chi connectivity index (χ1v) is 8.57. The molecule has 0 aliphatic heterocycles. The third-order valence-electron chi connectivity index (χ3n) is 2.91. The lowest BCUT2D eigenvalue weighted by atomic mass is 10.1. The van der Waals surface area contributed by atoms with E-state index in [-0.39, 0.29) is 0 Å².